The minimum Gasteiger partial charge on any atom is -0.361 e. The molecule has 2 aromatic carbocycles. The standard InChI is InChI=1S/C20H17N5O/c1-12-7-16(20(26)22-2)17(15-5-6-23-19(12)15)11-25-10-14-4-3-13(9-21)8-18(14)24-25/h3-8,10,23H,11H2,1-2H3,(H,22,26). The minimum atomic E-state index is -0.116. The topological polar surface area (TPSA) is 86.5 Å². The van der Waals surface area contributed by atoms with Crippen molar-refractivity contribution in [2.75, 3.05) is 7.05 Å². The van der Waals surface area contributed by atoms with Gasteiger partial charge in [-0.15, -0.1) is 0 Å². The van der Waals surface area contributed by atoms with Crippen LogP contribution in [0.5, 0.6) is 0 Å². The second-order valence-electron chi connectivity index (χ2n) is 6.28. The summed E-state index contributed by atoms with van der Waals surface area (Å²) < 4.78 is 1.81. The van der Waals surface area contributed by atoms with Gasteiger partial charge in [0.1, 0.15) is 0 Å². The number of carbonyl (C=O) groups excluding carboxylic acids is 1. The Morgan fingerprint density at radius 3 is 2.96 bits per heavy atom. The van der Waals surface area contributed by atoms with E-state index in [4.69, 9.17) is 5.26 Å². The number of aryl methyl sites for hydroxylation is 1. The number of amides is 1. The van der Waals surface area contributed by atoms with E-state index in [9.17, 15) is 4.79 Å². The first-order valence-corrected chi connectivity index (χ1v) is 8.29. The van der Waals surface area contributed by atoms with E-state index in [1.54, 1.807) is 19.2 Å². The van der Waals surface area contributed by atoms with Gasteiger partial charge in [0, 0.05) is 41.3 Å². The highest BCUT2D eigenvalue weighted by Gasteiger charge is 2.17. The van der Waals surface area contributed by atoms with Crippen LogP contribution in [0.2, 0.25) is 0 Å². The average molecular weight is 343 g/mol. The quantitative estimate of drug-likeness (QED) is 0.599. The molecule has 0 aliphatic heterocycles. The van der Waals surface area contributed by atoms with Gasteiger partial charge in [0.25, 0.3) is 5.91 Å². The third-order valence-corrected chi connectivity index (χ3v) is 4.63. The van der Waals surface area contributed by atoms with Crippen LogP contribution in [0.3, 0.4) is 0 Å². The third-order valence-electron chi connectivity index (χ3n) is 4.63. The van der Waals surface area contributed by atoms with Crippen molar-refractivity contribution >= 4 is 27.7 Å². The van der Waals surface area contributed by atoms with Gasteiger partial charge >= 0.3 is 0 Å². The summed E-state index contributed by atoms with van der Waals surface area (Å²) in [5.74, 6) is -0.116. The zero-order chi connectivity index (χ0) is 18.3. The summed E-state index contributed by atoms with van der Waals surface area (Å²) in [6.45, 7) is 2.45. The van der Waals surface area contributed by atoms with Crippen molar-refractivity contribution in [1.29, 1.82) is 5.26 Å². The monoisotopic (exact) mass is 343 g/mol. The smallest absolute Gasteiger partial charge is 0.251 e. The van der Waals surface area contributed by atoms with E-state index < -0.39 is 0 Å². The van der Waals surface area contributed by atoms with Crippen LogP contribution < -0.4 is 5.32 Å². The third kappa shape index (κ3) is 2.50. The van der Waals surface area contributed by atoms with Gasteiger partial charge in [-0.2, -0.15) is 10.4 Å². The van der Waals surface area contributed by atoms with Gasteiger partial charge in [0.15, 0.2) is 0 Å². The van der Waals surface area contributed by atoms with E-state index in [-0.39, 0.29) is 5.91 Å². The summed E-state index contributed by atoms with van der Waals surface area (Å²) in [5, 5.41) is 18.3. The number of rotatable bonds is 3. The summed E-state index contributed by atoms with van der Waals surface area (Å²) in [6, 6.07) is 11.5. The van der Waals surface area contributed by atoms with Gasteiger partial charge < -0.3 is 10.3 Å². The number of fused-ring (bicyclic) bond motifs is 2. The molecule has 128 valence electrons. The molecule has 0 aliphatic carbocycles. The lowest BCUT2D eigenvalue weighted by Crippen LogP contribution is -2.21. The number of aromatic nitrogens is 3. The van der Waals surface area contributed by atoms with Crippen LogP contribution in [-0.4, -0.2) is 27.7 Å². The molecule has 26 heavy (non-hydrogen) atoms. The molecule has 0 bridgehead atoms. The van der Waals surface area contributed by atoms with Gasteiger partial charge in [-0.1, -0.05) is 0 Å². The Hall–Kier alpha value is -3.59. The van der Waals surface area contributed by atoms with E-state index in [0.717, 1.165) is 32.9 Å². The van der Waals surface area contributed by atoms with E-state index in [0.29, 0.717) is 17.7 Å². The van der Waals surface area contributed by atoms with E-state index >= 15 is 0 Å². The van der Waals surface area contributed by atoms with Crippen molar-refractivity contribution in [1.82, 2.24) is 20.1 Å². The van der Waals surface area contributed by atoms with Crippen LogP contribution in [-0.2, 0) is 6.54 Å². The predicted octanol–water partition coefficient (Wildman–Crippen LogP) is 3.11. The molecule has 1 amide bonds. The fourth-order valence-corrected chi connectivity index (χ4v) is 3.36. The van der Waals surface area contributed by atoms with Gasteiger partial charge in [0.05, 0.1) is 23.7 Å². The highest BCUT2D eigenvalue weighted by molar-refractivity contribution is 6.01. The number of hydrogen-bond donors (Lipinski definition) is 2. The average Bonchev–Trinajstić information content (AvgIpc) is 3.29. The first-order chi connectivity index (χ1) is 12.6. The molecule has 0 fully saturated rings. The van der Waals surface area contributed by atoms with Crippen LogP contribution in [0.15, 0.2) is 42.7 Å². The molecule has 0 saturated heterocycles. The number of hydrogen-bond acceptors (Lipinski definition) is 3. The lowest BCUT2D eigenvalue weighted by atomic mass is 9.99. The molecule has 6 nitrogen and oxygen atoms in total. The Labute approximate surface area is 150 Å². The summed E-state index contributed by atoms with van der Waals surface area (Å²) in [6.07, 6.45) is 3.82. The molecule has 2 aromatic heterocycles. The van der Waals surface area contributed by atoms with Crippen LogP contribution in [0, 0.1) is 18.3 Å². The Kier molecular flexibility index (Phi) is 3.70. The molecule has 6 heteroatoms. The minimum absolute atomic E-state index is 0.116. The van der Waals surface area contributed by atoms with E-state index in [1.165, 1.54) is 0 Å². The molecule has 0 spiro atoms. The second kappa shape index (κ2) is 6.05. The van der Waals surface area contributed by atoms with Gasteiger partial charge in [-0.05, 0) is 48.4 Å². The molecule has 0 saturated carbocycles. The molecule has 2 heterocycles. The zero-order valence-electron chi connectivity index (χ0n) is 14.5. The molecule has 4 rings (SSSR count). The van der Waals surface area contributed by atoms with Crippen molar-refractivity contribution in [3.05, 3.63) is 65.0 Å². The summed E-state index contributed by atoms with van der Waals surface area (Å²) in [4.78, 5) is 15.7. The fourth-order valence-electron chi connectivity index (χ4n) is 3.36. The maximum Gasteiger partial charge on any atom is 0.251 e. The summed E-state index contributed by atoms with van der Waals surface area (Å²) in [5.41, 5.74) is 4.96. The first kappa shape index (κ1) is 15.9. The Morgan fingerprint density at radius 1 is 1.35 bits per heavy atom. The first-order valence-electron chi connectivity index (χ1n) is 8.29. The number of carbonyl (C=O) groups is 1. The molecular formula is C20H17N5O. The molecule has 4 aromatic rings. The van der Waals surface area contributed by atoms with Gasteiger partial charge in [0.2, 0.25) is 0 Å². The maximum atomic E-state index is 12.4. The van der Waals surface area contributed by atoms with Crippen molar-refractivity contribution < 1.29 is 4.79 Å². The van der Waals surface area contributed by atoms with Gasteiger partial charge in [-0.25, -0.2) is 0 Å². The number of benzene rings is 2. The van der Waals surface area contributed by atoms with E-state index in [1.807, 2.05) is 42.2 Å². The molecule has 0 aliphatic rings. The highest BCUT2D eigenvalue weighted by Crippen LogP contribution is 2.27. The maximum absolute atomic E-state index is 12.4. The fraction of sp³-hybridized carbons (Fsp3) is 0.150. The largest absolute Gasteiger partial charge is 0.361 e. The number of H-pyrrole nitrogens is 1. The van der Waals surface area contributed by atoms with Crippen molar-refractivity contribution in [3.8, 4) is 6.07 Å². The number of nitrogens with one attached hydrogen (secondary N) is 2. The predicted molar refractivity (Wildman–Crippen MR) is 100.0 cm³/mol. The lowest BCUT2D eigenvalue weighted by Gasteiger charge is -2.12. The molecule has 0 atom stereocenters. The van der Waals surface area contributed by atoms with Crippen LogP contribution in [0.25, 0.3) is 21.8 Å². The van der Waals surface area contributed by atoms with Crippen LogP contribution >= 0.6 is 0 Å². The lowest BCUT2D eigenvalue weighted by molar-refractivity contribution is 0.0962. The van der Waals surface area contributed by atoms with Crippen molar-refractivity contribution in [2.45, 2.75) is 13.5 Å². The Bertz CT molecular complexity index is 1190. The number of aromatic amines is 1. The van der Waals surface area contributed by atoms with Crippen molar-refractivity contribution in [2.24, 2.45) is 0 Å². The summed E-state index contributed by atoms with van der Waals surface area (Å²) in [7, 11) is 1.63. The Balaban J connectivity index is 1.86. The van der Waals surface area contributed by atoms with Crippen LogP contribution in [0.1, 0.15) is 27.0 Å². The normalized spacial score (nSPS) is 11.0. The van der Waals surface area contributed by atoms with E-state index in [2.05, 4.69) is 21.5 Å². The van der Waals surface area contributed by atoms with Crippen LogP contribution in [0.4, 0.5) is 0 Å². The molecule has 2 N–H and O–H groups in total. The number of nitriles is 1. The van der Waals surface area contributed by atoms with Crippen molar-refractivity contribution in [3.63, 3.8) is 0 Å². The molecule has 0 radical (unpaired) electrons. The zero-order valence-corrected chi connectivity index (χ0v) is 14.5. The second-order valence-corrected chi connectivity index (χ2v) is 6.28. The SMILES string of the molecule is CNC(=O)c1cc(C)c2[nH]ccc2c1Cn1cc2ccc(C#N)cc2n1. The highest BCUT2D eigenvalue weighted by atomic mass is 16.1. The molecular weight excluding hydrogens is 326 g/mol. The van der Waals surface area contributed by atoms with Gasteiger partial charge in [-0.3, -0.25) is 9.48 Å². The number of nitrogens with zero attached hydrogens (tertiary/aromatic N) is 3. The Morgan fingerprint density at radius 2 is 2.19 bits per heavy atom. The molecule has 0 unspecified atom stereocenters. The summed E-state index contributed by atoms with van der Waals surface area (Å²) >= 11 is 0.